The summed E-state index contributed by atoms with van der Waals surface area (Å²) in [6.07, 6.45) is 1.87. The number of hydrogen-bond acceptors (Lipinski definition) is 3. The van der Waals surface area contributed by atoms with Crippen molar-refractivity contribution in [3.05, 3.63) is 223 Å². The molecule has 0 saturated carbocycles. The maximum atomic E-state index is 5.11. The molecule has 0 bridgehead atoms. The molecule has 3 heteroatoms. The number of rotatable bonds is 5. The van der Waals surface area contributed by atoms with E-state index in [2.05, 4.69) is 152 Å². The molecular formula is C52H33N3. The molecule has 0 saturated heterocycles. The smallest absolute Gasteiger partial charge is 0.161 e. The largest absolute Gasteiger partial charge is 0.255 e. The second kappa shape index (κ2) is 12.4. The van der Waals surface area contributed by atoms with Gasteiger partial charge in [-0.1, -0.05) is 170 Å². The first kappa shape index (κ1) is 31.3. The molecule has 256 valence electrons. The van der Waals surface area contributed by atoms with Gasteiger partial charge in [0.05, 0.1) is 22.5 Å². The molecule has 9 aromatic rings. The zero-order valence-corrected chi connectivity index (χ0v) is 29.9. The van der Waals surface area contributed by atoms with Gasteiger partial charge in [-0.25, -0.2) is 9.97 Å². The lowest BCUT2D eigenvalue weighted by atomic mass is 9.70. The second-order valence-electron chi connectivity index (χ2n) is 14.4. The molecular weight excluding hydrogens is 667 g/mol. The zero-order valence-electron chi connectivity index (χ0n) is 29.9. The van der Waals surface area contributed by atoms with Gasteiger partial charge in [0.15, 0.2) is 5.82 Å². The molecule has 0 aliphatic heterocycles. The van der Waals surface area contributed by atoms with Crippen LogP contribution in [0.5, 0.6) is 0 Å². The number of benzene rings is 7. The third-order valence-electron chi connectivity index (χ3n) is 11.4. The van der Waals surface area contributed by atoms with Crippen LogP contribution in [0.2, 0.25) is 0 Å². The van der Waals surface area contributed by atoms with Gasteiger partial charge in [0.25, 0.3) is 0 Å². The maximum Gasteiger partial charge on any atom is 0.161 e. The summed E-state index contributed by atoms with van der Waals surface area (Å²) in [5.74, 6) is 0.646. The standard InChI is InChI=1S/C52H33N3/c1-3-13-35(14-4-1)48-30-28-39(33-53-48)51-54-49(36-15-5-2-6-16-36)32-50(55-51)37-25-23-34(24-26-37)38-27-29-43-42-19-9-12-22-46(42)52(47(43)31-38)44-20-10-7-17-40(44)41-18-8-11-21-45(41)52/h1-33H. The summed E-state index contributed by atoms with van der Waals surface area (Å²) in [6, 6.07) is 69.5. The van der Waals surface area contributed by atoms with Crippen LogP contribution >= 0.6 is 0 Å². The average molecular weight is 700 g/mol. The first-order valence-electron chi connectivity index (χ1n) is 18.8. The molecule has 55 heavy (non-hydrogen) atoms. The van der Waals surface area contributed by atoms with Gasteiger partial charge in [0.1, 0.15) is 0 Å². The highest BCUT2D eigenvalue weighted by atomic mass is 14.9. The van der Waals surface area contributed by atoms with Gasteiger partial charge >= 0.3 is 0 Å². The van der Waals surface area contributed by atoms with E-state index in [1.807, 2.05) is 48.7 Å². The van der Waals surface area contributed by atoms with Gasteiger partial charge in [-0.2, -0.15) is 0 Å². The first-order valence-corrected chi connectivity index (χ1v) is 18.8. The normalized spacial score (nSPS) is 12.9. The Morgan fingerprint density at radius 3 is 1.27 bits per heavy atom. The summed E-state index contributed by atoms with van der Waals surface area (Å²) >= 11 is 0. The van der Waals surface area contributed by atoms with Crippen LogP contribution < -0.4 is 0 Å². The fourth-order valence-corrected chi connectivity index (χ4v) is 8.89. The Bertz CT molecular complexity index is 2830. The number of hydrogen-bond donors (Lipinski definition) is 0. The fraction of sp³-hybridized carbons (Fsp3) is 0.0192. The zero-order chi connectivity index (χ0) is 36.3. The topological polar surface area (TPSA) is 38.7 Å². The van der Waals surface area contributed by atoms with Crippen molar-refractivity contribution < 1.29 is 0 Å². The third kappa shape index (κ3) is 4.87. The van der Waals surface area contributed by atoms with Crippen LogP contribution in [0.1, 0.15) is 22.3 Å². The van der Waals surface area contributed by atoms with E-state index < -0.39 is 0 Å². The lowest BCUT2D eigenvalue weighted by Crippen LogP contribution is -2.25. The predicted molar refractivity (Wildman–Crippen MR) is 223 cm³/mol. The van der Waals surface area contributed by atoms with Crippen LogP contribution in [0.3, 0.4) is 0 Å². The Kier molecular flexibility index (Phi) is 7.08. The summed E-state index contributed by atoms with van der Waals surface area (Å²) in [5, 5.41) is 0. The Hall–Kier alpha value is -7.23. The van der Waals surface area contributed by atoms with Gasteiger partial charge in [-0.15, -0.1) is 0 Å². The molecule has 0 amide bonds. The van der Waals surface area contributed by atoms with Crippen molar-refractivity contribution in [1.82, 2.24) is 15.0 Å². The highest BCUT2D eigenvalue weighted by molar-refractivity contribution is 5.96. The van der Waals surface area contributed by atoms with Crippen LogP contribution in [0.25, 0.3) is 78.5 Å². The van der Waals surface area contributed by atoms with E-state index in [1.54, 1.807) is 0 Å². The quantitative estimate of drug-likeness (QED) is 0.179. The number of nitrogens with zero attached hydrogens (tertiary/aromatic N) is 3. The van der Waals surface area contributed by atoms with Crippen molar-refractivity contribution in [3.8, 4) is 78.5 Å². The lowest BCUT2D eigenvalue weighted by Gasteiger charge is -2.30. The molecule has 0 atom stereocenters. The molecule has 7 aromatic carbocycles. The van der Waals surface area contributed by atoms with Crippen LogP contribution in [-0.4, -0.2) is 15.0 Å². The first-order chi connectivity index (χ1) is 27.3. The minimum Gasteiger partial charge on any atom is -0.255 e. The van der Waals surface area contributed by atoms with Crippen molar-refractivity contribution in [2.75, 3.05) is 0 Å². The molecule has 1 spiro atoms. The Morgan fingerprint density at radius 1 is 0.291 bits per heavy atom. The van der Waals surface area contributed by atoms with Gasteiger partial charge in [-0.3, -0.25) is 4.98 Å². The Morgan fingerprint density at radius 2 is 0.727 bits per heavy atom. The molecule has 2 aliphatic carbocycles. The monoisotopic (exact) mass is 699 g/mol. The minimum atomic E-state index is -0.367. The van der Waals surface area contributed by atoms with Crippen molar-refractivity contribution in [2.45, 2.75) is 5.41 Å². The van der Waals surface area contributed by atoms with E-state index in [4.69, 9.17) is 15.0 Å². The molecule has 0 radical (unpaired) electrons. The van der Waals surface area contributed by atoms with Gasteiger partial charge in [0.2, 0.25) is 0 Å². The minimum absolute atomic E-state index is 0.367. The molecule has 2 aromatic heterocycles. The van der Waals surface area contributed by atoms with Crippen molar-refractivity contribution in [3.63, 3.8) is 0 Å². The van der Waals surface area contributed by atoms with Gasteiger partial charge < -0.3 is 0 Å². The van der Waals surface area contributed by atoms with Gasteiger partial charge in [-0.05, 0) is 79.9 Å². The molecule has 3 nitrogen and oxygen atoms in total. The van der Waals surface area contributed by atoms with Crippen molar-refractivity contribution in [2.24, 2.45) is 0 Å². The molecule has 0 fully saturated rings. The van der Waals surface area contributed by atoms with E-state index in [0.717, 1.165) is 44.9 Å². The molecule has 0 N–H and O–H groups in total. The van der Waals surface area contributed by atoms with Crippen LogP contribution in [0.15, 0.2) is 200 Å². The summed E-state index contributed by atoms with van der Waals surface area (Å²) in [7, 11) is 0. The lowest BCUT2D eigenvalue weighted by molar-refractivity contribution is 0.794. The molecule has 2 aliphatic rings. The highest BCUT2D eigenvalue weighted by Crippen LogP contribution is 2.63. The van der Waals surface area contributed by atoms with Crippen molar-refractivity contribution in [1.29, 1.82) is 0 Å². The molecule has 2 heterocycles. The van der Waals surface area contributed by atoms with Crippen LogP contribution in [0.4, 0.5) is 0 Å². The van der Waals surface area contributed by atoms with E-state index in [9.17, 15) is 0 Å². The summed E-state index contributed by atoms with van der Waals surface area (Å²) in [4.78, 5) is 14.9. The maximum absolute atomic E-state index is 5.11. The molecule has 11 rings (SSSR count). The second-order valence-corrected chi connectivity index (χ2v) is 14.4. The average Bonchev–Trinajstić information content (AvgIpc) is 3.74. The fourth-order valence-electron chi connectivity index (χ4n) is 8.89. The van der Waals surface area contributed by atoms with E-state index in [-0.39, 0.29) is 5.41 Å². The number of fused-ring (bicyclic) bond motifs is 10. The molecule has 0 unspecified atom stereocenters. The van der Waals surface area contributed by atoms with Crippen LogP contribution in [0, 0.1) is 0 Å². The highest BCUT2D eigenvalue weighted by Gasteiger charge is 2.51. The van der Waals surface area contributed by atoms with E-state index in [1.165, 1.54) is 50.1 Å². The van der Waals surface area contributed by atoms with Crippen molar-refractivity contribution >= 4 is 0 Å². The van der Waals surface area contributed by atoms with Crippen LogP contribution in [-0.2, 0) is 5.41 Å². The van der Waals surface area contributed by atoms with E-state index in [0.29, 0.717) is 5.82 Å². The predicted octanol–water partition coefficient (Wildman–Crippen LogP) is 12.6. The summed E-state index contributed by atoms with van der Waals surface area (Å²) in [6.45, 7) is 0. The number of aromatic nitrogens is 3. The Labute approximate surface area is 320 Å². The SMILES string of the molecule is c1ccc(-c2ccc(-c3nc(-c4ccccc4)cc(-c4ccc(-c5ccc6c(c5)C5(c7ccccc7-c7ccccc75)c5ccccc5-6)cc4)n3)cn2)cc1. The van der Waals surface area contributed by atoms with E-state index >= 15 is 0 Å². The summed E-state index contributed by atoms with van der Waals surface area (Å²) < 4.78 is 0. The Balaban J connectivity index is 1.00. The third-order valence-corrected chi connectivity index (χ3v) is 11.4. The number of pyridine rings is 1. The summed E-state index contributed by atoms with van der Waals surface area (Å²) in [5.41, 5.74) is 19.3. The van der Waals surface area contributed by atoms with Gasteiger partial charge in [0, 0.05) is 28.5 Å².